The summed E-state index contributed by atoms with van der Waals surface area (Å²) in [7, 11) is 0. The van der Waals surface area contributed by atoms with Gasteiger partial charge in [-0.3, -0.25) is 4.98 Å². The van der Waals surface area contributed by atoms with Crippen LogP contribution in [0.5, 0.6) is 5.75 Å². The average molecular weight is 264 g/mol. The first kappa shape index (κ1) is 16.0. The van der Waals surface area contributed by atoms with Crippen LogP contribution in [0.4, 0.5) is 0 Å². The molecule has 0 aromatic carbocycles. The van der Waals surface area contributed by atoms with E-state index in [9.17, 15) is 0 Å². The Bertz CT molecular complexity index is 369. The first-order chi connectivity index (χ1) is 8.87. The molecule has 3 heteroatoms. The van der Waals surface area contributed by atoms with Crippen LogP contribution in [0.25, 0.3) is 0 Å². The first-order valence-corrected chi connectivity index (χ1v) is 7.15. The number of rotatable bonds is 7. The van der Waals surface area contributed by atoms with Crippen molar-refractivity contribution >= 4 is 0 Å². The number of aromatic nitrogens is 1. The van der Waals surface area contributed by atoms with Crippen LogP contribution in [0.3, 0.4) is 0 Å². The van der Waals surface area contributed by atoms with Gasteiger partial charge < -0.3 is 10.1 Å². The molecule has 0 atom stereocenters. The largest absolute Gasteiger partial charge is 0.493 e. The van der Waals surface area contributed by atoms with Crippen LogP contribution in [0.15, 0.2) is 18.3 Å². The van der Waals surface area contributed by atoms with Crippen molar-refractivity contribution in [3.8, 4) is 5.75 Å². The monoisotopic (exact) mass is 264 g/mol. The van der Waals surface area contributed by atoms with Gasteiger partial charge in [0.2, 0.25) is 0 Å². The van der Waals surface area contributed by atoms with E-state index in [0.717, 1.165) is 37.6 Å². The van der Waals surface area contributed by atoms with Gasteiger partial charge in [0.1, 0.15) is 5.75 Å². The Kier molecular flexibility index (Phi) is 6.29. The molecule has 0 aliphatic rings. The molecule has 1 rings (SSSR count). The fourth-order valence-electron chi connectivity index (χ4n) is 1.61. The highest BCUT2D eigenvalue weighted by Gasteiger charge is 2.10. The molecule has 0 spiro atoms. The molecule has 108 valence electrons. The second kappa shape index (κ2) is 7.49. The van der Waals surface area contributed by atoms with E-state index in [0.29, 0.717) is 11.3 Å². The van der Waals surface area contributed by atoms with Gasteiger partial charge in [-0.15, -0.1) is 0 Å². The van der Waals surface area contributed by atoms with Gasteiger partial charge in [0, 0.05) is 18.8 Å². The molecule has 1 aromatic heterocycles. The summed E-state index contributed by atoms with van der Waals surface area (Å²) >= 11 is 0. The zero-order chi connectivity index (χ0) is 14.3. The molecule has 1 aromatic rings. The molecule has 0 saturated carbocycles. The molecule has 19 heavy (non-hydrogen) atoms. The molecule has 0 saturated heterocycles. The summed E-state index contributed by atoms with van der Waals surface area (Å²) < 4.78 is 5.78. The lowest BCUT2D eigenvalue weighted by Crippen LogP contribution is -2.19. The number of nitrogens with zero attached hydrogens (tertiary/aromatic N) is 1. The highest BCUT2D eigenvalue weighted by molar-refractivity contribution is 5.22. The zero-order valence-corrected chi connectivity index (χ0v) is 13.0. The molecular formula is C16H28N2O. The molecule has 0 fully saturated rings. The maximum absolute atomic E-state index is 5.78. The number of ether oxygens (including phenoxy) is 1. The zero-order valence-electron chi connectivity index (χ0n) is 13.0. The summed E-state index contributed by atoms with van der Waals surface area (Å²) in [6, 6.07) is 3.95. The van der Waals surface area contributed by atoms with Gasteiger partial charge in [0.25, 0.3) is 0 Å². The highest BCUT2D eigenvalue weighted by atomic mass is 16.5. The van der Waals surface area contributed by atoms with Gasteiger partial charge in [-0.2, -0.15) is 0 Å². The van der Waals surface area contributed by atoms with Crippen molar-refractivity contribution in [2.45, 2.75) is 47.6 Å². The van der Waals surface area contributed by atoms with Crippen LogP contribution in [-0.4, -0.2) is 18.1 Å². The predicted octanol–water partition coefficient (Wildman–Crippen LogP) is 3.64. The summed E-state index contributed by atoms with van der Waals surface area (Å²) in [5, 5.41) is 3.39. The maximum Gasteiger partial charge on any atom is 0.122 e. The predicted molar refractivity (Wildman–Crippen MR) is 80.3 cm³/mol. The highest BCUT2D eigenvalue weighted by Crippen LogP contribution is 2.19. The third kappa shape index (κ3) is 7.83. The average Bonchev–Trinajstić information content (AvgIpc) is 2.27. The van der Waals surface area contributed by atoms with E-state index in [2.05, 4.69) is 44.9 Å². The molecular weight excluding hydrogens is 236 g/mol. The Balaban J connectivity index is 2.39. The Morgan fingerprint density at radius 1 is 1.32 bits per heavy atom. The van der Waals surface area contributed by atoms with Crippen LogP contribution in [0.2, 0.25) is 0 Å². The van der Waals surface area contributed by atoms with Gasteiger partial charge in [-0.05, 0) is 30.4 Å². The van der Waals surface area contributed by atoms with Crippen molar-refractivity contribution in [2.75, 3.05) is 13.2 Å². The Hall–Kier alpha value is -1.09. The number of pyridine rings is 1. The quantitative estimate of drug-likeness (QED) is 0.816. The van der Waals surface area contributed by atoms with Crippen LogP contribution in [-0.2, 0) is 6.54 Å². The van der Waals surface area contributed by atoms with E-state index in [1.165, 1.54) is 0 Å². The summed E-state index contributed by atoms with van der Waals surface area (Å²) in [5.74, 6) is 1.58. The van der Waals surface area contributed by atoms with E-state index in [1.807, 2.05) is 18.3 Å². The Morgan fingerprint density at radius 2 is 2.05 bits per heavy atom. The maximum atomic E-state index is 5.78. The number of hydrogen-bond donors (Lipinski definition) is 1. The fourth-order valence-corrected chi connectivity index (χ4v) is 1.61. The number of hydrogen-bond acceptors (Lipinski definition) is 3. The van der Waals surface area contributed by atoms with Gasteiger partial charge >= 0.3 is 0 Å². The Morgan fingerprint density at radius 3 is 2.68 bits per heavy atom. The van der Waals surface area contributed by atoms with Crippen molar-refractivity contribution in [1.82, 2.24) is 10.3 Å². The fraction of sp³-hybridized carbons (Fsp3) is 0.688. The summed E-state index contributed by atoms with van der Waals surface area (Å²) in [4.78, 5) is 4.35. The van der Waals surface area contributed by atoms with Crippen LogP contribution < -0.4 is 10.1 Å². The lowest BCUT2D eigenvalue weighted by atomic mass is 9.93. The number of nitrogens with one attached hydrogen (secondary N) is 1. The van der Waals surface area contributed by atoms with E-state index in [4.69, 9.17) is 4.74 Å². The molecule has 0 bridgehead atoms. The molecule has 1 N–H and O–H groups in total. The molecule has 1 heterocycles. The van der Waals surface area contributed by atoms with Crippen molar-refractivity contribution in [2.24, 2.45) is 11.3 Å². The van der Waals surface area contributed by atoms with Crippen LogP contribution in [0.1, 0.15) is 46.7 Å². The molecule has 0 amide bonds. The smallest absolute Gasteiger partial charge is 0.122 e. The third-order valence-electron chi connectivity index (χ3n) is 2.77. The van der Waals surface area contributed by atoms with Crippen LogP contribution in [0, 0.1) is 11.3 Å². The SMILES string of the molecule is CC(C)CNCc1cc(OCCC(C)(C)C)ccn1. The summed E-state index contributed by atoms with van der Waals surface area (Å²) in [6.45, 7) is 13.6. The molecule has 0 aliphatic heterocycles. The third-order valence-corrected chi connectivity index (χ3v) is 2.77. The molecule has 0 unspecified atom stereocenters. The molecule has 0 radical (unpaired) electrons. The van der Waals surface area contributed by atoms with E-state index in [1.54, 1.807) is 0 Å². The minimum atomic E-state index is 0.314. The van der Waals surface area contributed by atoms with Crippen molar-refractivity contribution in [1.29, 1.82) is 0 Å². The van der Waals surface area contributed by atoms with Crippen LogP contribution >= 0.6 is 0 Å². The second-order valence-electron chi connectivity index (χ2n) is 6.67. The van der Waals surface area contributed by atoms with Gasteiger partial charge in [-0.1, -0.05) is 34.6 Å². The van der Waals surface area contributed by atoms with Crippen molar-refractivity contribution in [3.05, 3.63) is 24.0 Å². The molecule has 3 nitrogen and oxygen atoms in total. The van der Waals surface area contributed by atoms with E-state index >= 15 is 0 Å². The van der Waals surface area contributed by atoms with Gasteiger partial charge in [0.15, 0.2) is 0 Å². The van der Waals surface area contributed by atoms with Gasteiger partial charge in [0.05, 0.1) is 12.3 Å². The lowest BCUT2D eigenvalue weighted by Gasteiger charge is -2.18. The topological polar surface area (TPSA) is 34.1 Å². The standard InChI is InChI=1S/C16H28N2O/c1-13(2)11-17-12-14-10-15(6-8-18-14)19-9-7-16(3,4)5/h6,8,10,13,17H,7,9,11-12H2,1-5H3. The summed E-state index contributed by atoms with van der Waals surface area (Å²) in [5.41, 5.74) is 1.35. The van der Waals surface area contributed by atoms with E-state index < -0.39 is 0 Å². The molecule has 0 aliphatic carbocycles. The summed E-state index contributed by atoms with van der Waals surface area (Å²) in [6.07, 6.45) is 2.87. The van der Waals surface area contributed by atoms with Gasteiger partial charge in [-0.25, -0.2) is 0 Å². The second-order valence-corrected chi connectivity index (χ2v) is 6.67. The normalized spacial score (nSPS) is 11.9. The van der Waals surface area contributed by atoms with Crippen molar-refractivity contribution in [3.63, 3.8) is 0 Å². The van der Waals surface area contributed by atoms with E-state index in [-0.39, 0.29) is 0 Å². The lowest BCUT2D eigenvalue weighted by molar-refractivity contribution is 0.242. The Labute approximate surface area is 117 Å². The minimum absolute atomic E-state index is 0.314. The minimum Gasteiger partial charge on any atom is -0.493 e. The first-order valence-electron chi connectivity index (χ1n) is 7.15. The van der Waals surface area contributed by atoms with Crippen molar-refractivity contribution < 1.29 is 4.74 Å².